The van der Waals surface area contributed by atoms with Crippen molar-refractivity contribution in [2.45, 2.75) is 35.2 Å². The number of hydrogen-bond acceptors (Lipinski definition) is 2. The Morgan fingerprint density at radius 1 is 1.11 bits per heavy atom. The van der Waals surface area contributed by atoms with E-state index in [9.17, 15) is 0 Å². The Bertz CT molecular complexity index is 566. The van der Waals surface area contributed by atoms with Crippen molar-refractivity contribution < 1.29 is 0 Å². The molecular formula is C16H16BrNS. The van der Waals surface area contributed by atoms with Gasteiger partial charge < -0.3 is 5.32 Å². The van der Waals surface area contributed by atoms with E-state index in [-0.39, 0.29) is 0 Å². The van der Waals surface area contributed by atoms with Crippen LogP contribution >= 0.6 is 27.7 Å². The third kappa shape index (κ3) is 3.85. The third-order valence-electron chi connectivity index (χ3n) is 3.16. The molecule has 1 nitrogen and oxygen atoms in total. The topological polar surface area (TPSA) is 12.0 Å². The highest BCUT2D eigenvalue weighted by Gasteiger charge is 2.20. The standard InChI is InChI=1S/C16H16BrNS/c17-13-5-3-6-15(10-13)19-16-7-2-1-4-12(16)11-18-14-8-9-14/h1-7,10,14,18H,8-9,11H2. The molecule has 0 atom stereocenters. The van der Waals surface area contributed by atoms with Crippen LogP contribution in [0.15, 0.2) is 62.8 Å². The van der Waals surface area contributed by atoms with E-state index < -0.39 is 0 Å². The first-order valence-corrected chi connectivity index (χ1v) is 8.17. The van der Waals surface area contributed by atoms with Crippen LogP contribution in [0.25, 0.3) is 0 Å². The Morgan fingerprint density at radius 2 is 1.95 bits per heavy atom. The smallest absolute Gasteiger partial charge is 0.0219 e. The van der Waals surface area contributed by atoms with Crippen molar-refractivity contribution in [1.82, 2.24) is 5.32 Å². The minimum atomic E-state index is 0.754. The lowest BCUT2D eigenvalue weighted by Gasteiger charge is -2.10. The van der Waals surface area contributed by atoms with Crippen LogP contribution in [-0.2, 0) is 6.54 Å². The molecule has 0 spiro atoms. The summed E-state index contributed by atoms with van der Waals surface area (Å²) < 4.78 is 1.13. The zero-order valence-electron chi connectivity index (χ0n) is 10.6. The fourth-order valence-corrected chi connectivity index (χ4v) is 3.50. The molecule has 98 valence electrons. The van der Waals surface area contributed by atoms with Crippen molar-refractivity contribution in [3.63, 3.8) is 0 Å². The largest absolute Gasteiger partial charge is 0.310 e. The van der Waals surface area contributed by atoms with Crippen molar-refractivity contribution in [2.24, 2.45) is 0 Å². The van der Waals surface area contributed by atoms with Gasteiger partial charge in [0.05, 0.1) is 0 Å². The molecule has 1 aliphatic carbocycles. The minimum absolute atomic E-state index is 0.754. The molecule has 0 aromatic heterocycles. The first-order valence-electron chi connectivity index (χ1n) is 6.56. The SMILES string of the molecule is Brc1cccc(Sc2ccccc2CNC2CC2)c1. The molecule has 2 aromatic carbocycles. The Morgan fingerprint density at radius 3 is 2.74 bits per heavy atom. The highest BCUT2D eigenvalue weighted by atomic mass is 79.9. The maximum atomic E-state index is 3.59. The minimum Gasteiger partial charge on any atom is -0.310 e. The van der Waals surface area contributed by atoms with E-state index in [1.165, 1.54) is 28.2 Å². The zero-order valence-corrected chi connectivity index (χ0v) is 13.0. The molecule has 1 fully saturated rings. The van der Waals surface area contributed by atoms with Crippen LogP contribution in [0.5, 0.6) is 0 Å². The average molecular weight is 334 g/mol. The summed E-state index contributed by atoms with van der Waals surface area (Å²) in [6, 6.07) is 17.9. The maximum absolute atomic E-state index is 3.59. The van der Waals surface area contributed by atoms with Gasteiger partial charge in [-0.1, -0.05) is 52.0 Å². The second-order valence-electron chi connectivity index (χ2n) is 4.82. The lowest BCUT2D eigenvalue weighted by molar-refractivity contribution is 0.680. The molecule has 1 N–H and O–H groups in total. The van der Waals surface area contributed by atoms with Gasteiger partial charge in [-0.15, -0.1) is 0 Å². The molecule has 1 aliphatic rings. The molecule has 3 heteroatoms. The van der Waals surface area contributed by atoms with E-state index in [1.807, 2.05) is 11.8 Å². The van der Waals surface area contributed by atoms with Crippen molar-refractivity contribution in [1.29, 1.82) is 0 Å². The monoisotopic (exact) mass is 333 g/mol. The molecule has 0 heterocycles. The normalized spacial score (nSPS) is 14.6. The van der Waals surface area contributed by atoms with Gasteiger partial charge in [-0.25, -0.2) is 0 Å². The van der Waals surface area contributed by atoms with Gasteiger partial charge in [0.2, 0.25) is 0 Å². The predicted octanol–water partition coefficient (Wildman–Crippen LogP) is 4.85. The number of halogens is 1. The second-order valence-corrected chi connectivity index (χ2v) is 6.85. The van der Waals surface area contributed by atoms with Crippen molar-refractivity contribution >= 4 is 27.7 Å². The first kappa shape index (κ1) is 13.2. The molecule has 1 saturated carbocycles. The van der Waals surface area contributed by atoms with Gasteiger partial charge in [0.25, 0.3) is 0 Å². The quantitative estimate of drug-likeness (QED) is 0.839. The van der Waals surface area contributed by atoms with E-state index >= 15 is 0 Å². The average Bonchev–Trinajstić information content (AvgIpc) is 3.22. The van der Waals surface area contributed by atoms with E-state index in [4.69, 9.17) is 0 Å². The lowest BCUT2D eigenvalue weighted by atomic mass is 10.2. The van der Waals surface area contributed by atoms with Gasteiger partial charge >= 0.3 is 0 Å². The molecule has 0 unspecified atom stereocenters. The fourth-order valence-electron chi connectivity index (χ4n) is 1.95. The van der Waals surface area contributed by atoms with E-state index in [1.54, 1.807) is 0 Å². The molecule has 0 aliphatic heterocycles. The summed E-state index contributed by atoms with van der Waals surface area (Å²) in [6.07, 6.45) is 2.67. The first-order chi connectivity index (χ1) is 9.31. The molecule has 0 radical (unpaired) electrons. The van der Waals surface area contributed by atoms with Gasteiger partial charge in [0, 0.05) is 26.9 Å². The summed E-state index contributed by atoms with van der Waals surface area (Å²) >= 11 is 5.36. The Labute approximate surface area is 126 Å². The summed E-state index contributed by atoms with van der Waals surface area (Å²) in [5.41, 5.74) is 1.39. The molecular weight excluding hydrogens is 318 g/mol. The predicted molar refractivity (Wildman–Crippen MR) is 84.6 cm³/mol. The fraction of sp³-hybridized carbons (Fsp3) is 0.250. The van der Waals surface area contributed by atoms with Crippen LogP contribution in [-0.4, -0.2) is 6.04 Å². The van der Waals surface area contributed by atoms with E-state index in [0.29, 0.717) is 0 Å². The third-order valence-corrected chi connectivity index (χ3v) is 4.76. The van der Waals surface area contributed by atoms with Crippen molar-refractivity contribution in [3.8, 4) is 0 Å². The number of hydrogen-bond donors (Lipinski definition) is 1. The van der Waals surface area contributed by atoms with Gasteiger partial charge in [0.15, 0.2) is 0 Å². The lowest BCUT2D eigenvalue weighted by Crippen LogP contribution is -2.15. The van der Waals surface area contributed by atoms with Gasteiger partial charge in [-0.3, -0.25) is 0 Å². The summed E-state index contributed by atoms with van der Waals surface area (Å²) in [6.45, 7) is 0.974. The Kier molecular flexibility index (Phi) is 4.26. The maximum Gasteiger partial charge on any atom is 0.0219 e. The molecule has 0 saturated heterocycles. The van der Waals surface area contributed by atoms with Crippen molar-refractivity contribution in [2.75, 3.05) is 0 Å². The van der Waals surface area contributed by atoms with Crippen molar-refractivity contribution in [3.05, 3.63) is 58.6 Å². The zero-order chi connectivity index (χ0) is 13.1. The van der Waals surface area contributed by atoms with Crippen LogP contribution in [0.2, 0.25) is 0 Å². The molecule has 3 rings (SSSR count). The molecule has 0 bridgehead atoms. The van der Waals surface area contributed by atoms with Gasteiger partial charge in [0.1, 0.15) is 0 Å². The van der Waals surface area contributed by atoms with Gasteiger partial charge in [-0.05, 0) is 42.7 Å². The molecule has 0 amide bonds. The van der Waals surface area contributed by atoms with Gasteiger partial charge in [-0.2, -0.15) is 0 Å². The molecule has 19 heavy (non-hydrogen) atoms. The Balaban J connectivity index is 1.75. The highest BCUT2D eigenvalue weighted by molar-refractivity contribution is 9.10. The van der Waals surface area contributed by atoms with Crippen LogP contribution in [0.3, 0.4) is 0 Å². The number of benzene rings is 2. The number of nitrogens with one attached hydrogen (secondary N) is 1. The molecule has 2 aromatic rings. The highest BCUT2D eigenvalue weighted by Crippen LogP contribution is 2.32. The Hall–Kier alpha value is -0.770. The van der Waals surface area contributed by atoms with Crippen LogP contribution < -0.4 is 5.32 Å². The van der Waals surface area contributed by atoms with Crippen LogP contribution in [0, 0.1) is 0 Å². The number of rotatable bonds is 5. The second kappa shape index (κ2) is 6.12. The summed E-state index contributed by atoms with van der Waals surface area (Å²) in [5.74, 6) is 0. The van der Waals surface area contributed by atoms with E-state index in [2.05, 4.69) is 69.8 Å². The summed E-state index contributed by atoms with van der Waals surface area (Å²) in [5, 5.41) is 3.59. The summed E-state index contributed by atoms with van der Waals surface area (Å²) in [4.78, 5) is 2.61. The van der Waals surface area contributed by atoms with Crippen LogP contribution in [0.1, 0.15) is 18.4 Å². The van der Waals surface area contributed by atoms with E-state index in [0.717, 1.165) is 17.1 Å². The summed E-state index contributed by atoms with van der Waals surface area (Å²) in [7, 11) is 0. The van der Waals surface area contributed by atoms with Crippen LogP contribution in [0.4, 0.5) is 0 Å².